The van der Waals surface area contributed by atoms with Gasteiger partial charge in [-0.05, 0) is 123 Å². The van der Waals surface area contributed by atoms with Crippen molar-refractivity contribution in [1.29, 1.82) is 0 Å². The first-order valence-electron chi connectivity index (χ1n) is 17.5. The number of hydrogen-bond acceptors (Lipinski definition) is 4. The van der Waals surface area contributed by atoms with Gasteiger partial charge in [0.05, 0.1) is 23.6 Å². The maximum atomic E-state index is 16.2. The van der Waals surface area contributed by atoms with E-state index >= 15 is 4.39 Å². The smallest absolute Gasteiger partial charge is 0.416 e. The number of carbonyl (C=O) groups excluding carboxylic acids is 1. The van der Waals surface area contributed by atoms with Crippen LogP contribution in [0.15, 0.2) is 41.3 Å². The van der Waals surface area contributed by atoms with Gasteiger partial charge in [-0.2, -0.15) is 13.2 Å². The molecule has 52 heavy (non-hydrogen) atoms. The minimum atomic E-state index is -4.80. The topological polar surface area (TPSA) is 91.6 Å². The van der Waals surface area contributed by atoms with Crippen LogP contribution in [0, 0.1) is 48.7 Å². The molecule has 2 N–H and O–H groups in total. The van der Waals surface area contributed by atoms with Gasteiger partial charge >= 0.3 is 12.1 Å². The molecule has 0 bridgehead atoms. The fourth-order valence-electron chi connectivity index (χ4n) is 7.49. The Hall–Kier alpha value is -4.50. The molecule has 1 spiro atoms. The minimum Gasteiger partial charge on any atom is -0.481 e. The van der Waals surface area contributed by atoms with Crippen LogP contribution in [0.4, 0.5) is 22.0 Å². The van der Waals surface area contributed by atoms with Crippen molar-refractivity contribution in [1.82, 2.24) is 14.8 Å². The van der Waals surface area contributed by atoms with E-state index in [0.717, 1.165) is 43.1 Å². The summed E-state index contributed by atoms with van der Waals surface area (Å²) in [5.41, 5.74) is -0.153. The number of rotatable bonds is 12. The van der Waals surface area contributed by atoms with Gasteiger partial charge in [-0.15, -0.1) is 5.92 Å². The van der Waals surface area contributed by atoms with E-state index in [1.54, 1.807) is 27.7 Å². The number of benzene rings is 2. The zero-order valence-corrected chi connectivity index (χ0v) is 30.0. The number of alkyl halides is 3. The highest BCUT2D eigenvalue weighted by Crippen LogP contribution is 2.52. The van der Waals surface area contributed by atoms with Gasteiger partial charge < -0.3 is 19.9 Å². The summed E-state index contributed by atoms with van der Waals surface area (Å²) in [6.07, 6.45) is -1.20. The number of carboxylic acid groups (broad SMARTS) is 1. The Morgan fingerprint density at radius 2 is 1.71 bits per heavy atom. The van der Waals surface area contributed by atoms with Crippen LogP contribution >= 0.6 is 0 Å². The van der Waals surface area contributed by atoms with Crippen LogP contribution in [-0.2, 0) is 22.2 Å². The fraction of sp³-hybridized carbons (Fsp3) is 0.475. The van der Waals surface area contributed by atoms with Gasteiger partial charge in [-0.25, -0.2) is 8.78 Å². The Bertz CT molecular complexity index is 1960. The molecular weight excluding hydrogens is 681 g/mol. The van der Waals surface area contributed by atoms with Crippen molar-refractivity contribution in [2.45, 2.75) is 91.4 Å². The van der Waals surface area contributed by atoms with Gasteiger partial charge in [0.25, 0.3) is 5.56 Å². The first-order chi connectivity index (χ1) is 24.4. The summed E-state index contributed by atoms with van der Waals surface area (Å²) in [5, 5.41) is 12.5. The van der Waals surface area contributed by atoms with Crippen molar-refractivity contribution in [2.75, 3.05) is 19.6 Å². The summed E-state index contributed by atoms with van der Waals surface area (Å²) < 4.78 is 74.0. The minimum absolute atomic E-state index is 0.00429. The number of nitrogens with zero attached hydrogens (tertiary/aromatic N) is 2. The van der Waals surface area contributed by atoms with E-state index in [2.05, 4.69) is 22.1 Å². The lowest BCUT2D eigenvalue weighted by Gasteiger charge is -2.27. The van der Waals surface area contributed by atoms with Gasteiger partial charge in [0.2, 0.25) is 5.91 Å². The number of carboxylic acids is 1. The largest absolute Gasteiger partial charge is 0.481 e. The Kier molecular flexibility index (Phi) is 11.3. The van der Waals surface area contributed by atoms with Gasteiger partial charge in [0.15, 0.2) is 0 Å². The van der Waals surface area contributed by atoms with Crippen molar-refractivity contribution in [3.8, 4) is 23.0 Å². The number of carbonyl (C=O) groups is 2. The second-order valence-electron chi connectivity index (χ2n) is 14.8. The molecule has 2 unspecified atom stereocenters. The molecule has 1 saturated carbocycles. The summed E-state index contributed by atoms with van der Waals surface area (Å²) in [5.74, 6) is 1.54. The normalized spacial score (nSPS) is 16.4. The monoisotopic (exact) mass is 725 g/mol. The average molecular weight is 726 g/mol. The number of halogens is 5. The lowest BCUT2D eigenvalue weighted by molar-refractivity contribution is -0.139. The molecule has 2 fully saturated rings. The average Bonchev–Trinajstić information content (AvgIpc) is 3.68. The number of aliphatic carboxylic acids is 1. The molecule has 2 atom stereocenters. The van der Waals surface area contributed by atoms with Crippen LogP contribution < -0.4 is 10.9 Å². The third-order valence-electron chi connectivity index (χ3n) is 10.2. The third kappa shape index (κ3) is 8.75. The number of amides is 1. The lowest BCUT2D eigenvalue weighted by atomic mass is 9.90. The fourth-order valence-corrected chi connectivity index (χ4v) is 7.49. The molecule has 2 aromatic carbocycles. The number of nitrogens with one attached hydrogen (secondary N) is 1. The molecule has 0 radical (unpaired) electrons. The van der Waals surface area contributed by atoms with Gasteiger partial charge in [0.1, 0.15) is 17.7 Å². The van der Waals surface area contributed by atoms with E-state index in [9.17, 15) is 37.1 Å². The van der Waals surface area contributed by atoms with E-state index < -0.39 is 59.3 Å². The molecule has 278 valence electrons. The Morgan fingerprint density at radius 3 is 2.27 bits per heavy atom. The van der Waals surface area contributed by atoms with Crippen molar-refractivity contribution < 1.29 is 36.6 Å². The zero-order chi connectivity index (χ0) is 38.1. The maximum Gasteiger partial charge on any atom is 0.416 e. The first kappa shape index (κ1) is 38.7. The lowest BCUT2D eigenvalue weighted by Crippen LogP contribution is -2.41. The molecule has 1 saturated heterocycles. The molecule has 1 aliphatic carbocycles. The maximum absolute atomic E-state index is 16.2. The summed E-state index contributed by atoms with van der Waals surface area (Å²) in [4.78, 5) is 41.8. The van der Waals surface area contributed by atoms with Crippen LogP contribution in [0.25, 0.3) is 11.1 Å². The number of aryl methyl sites for hydroxylation is 2. The van der Waals surface area contributed by atoms with E-state index in [-0.39, 0.29) is 40.9 Å². The quantitative estimate of drug-likeness (QED) is 0.147. The summed E-state index contributed by atoms with van der Waals surface area (Å²) in [6, 6.07) is 3.20. The molecule has 2 aliphatic rings. The molecular formula is C40H44F5N3O4. The van der Waals surface area contributed by atoms with Gasteiger partial charge in [0, 0.05) is 30.9 Å². The van der Waals surface area contributed by atoms with Gasteiger partial charge in [-0.1, -0.05) is 19.8 Å². The highest BCUT2D eigenvalue weighted by molar-refractivity contribution is 5.82. The second-order valence-corrected chi connectivity index (χ2v) is 14.8. The zero-order valence-electron chi connectivity index (χ0n) is 30.0. The third-order valence-corrected chi connectivity index (χ3v) is 10.2. The van der Waals surface area contributed by atoms with Crippen LogP contribution in [0.2, 0.25) is 0 Å². The van der Waals surface area contributed by atoms with E-state index in [1.807, 2.05) is 0 Å². The standard InChI is InChI=1S/C40H44F5N3O4/c1-6-7-26-17-28(36-24(4)15-29(41)16-25(36)5)18-30(37(26)42)32(20-35(50)51)46-38(52)33(14-23(2)3)48-21-27(31(19-34(48)49)40(43,44)45)8-12-47-13-11-39(22-47)9-10-39/h15-19,21,23,32-33H,8-14,20,22H2,1-5H3,(H,46,52)(H,50,51). The Balaban J connectivity index is 1.55. The van der Waals surface area contributed by atoms with Gasteiger partial charge in [-0.3, -0.25) is 14.4 Å². The second kappa shape index (κ2) is 15.2. The number of pyridine rings is 1. The number of hydrogen-bond donors (Lipinski definition) is 2. The molecule has 7 nitrogen and oxygen atoms in total. The summed E-state index contributed by atoms with van der Waals surface area (Å²) >= 11 is 0. The van der Waals surface area contributed by atoms with E-state index in [1.165, 1.54) is 31.2 Å². The Labute approximate surface area is 300 Å². The van der Waals surface area contributed by atoms with Crippen LogP contribution in [0.3, 0.4) is 0 Å². The molecule has 1 aromatic heterocycles. The molecule has 1 aliphatic heterocycles. The predicted molar refractivity (Wildman–Crippen MR) is 188 cm³/mol. The first-order valence-corrected chi connectivity index (χ1v) is 17.5. The Morgan fingerprint density at radius 1 is 1.04 bits per heavy atom. The van der Waals surface area contributed by atoms with Crippen LogP contribution in [0.1, 0.15) is 98.3 Å². The summed E-state index contributed by atoms with van der Waals surface area (Å²) in [7, 11) is 0. The van der Waals surface area contributed by atoms with Crippen molar-refractivity contribution >= 4 is 11.9 Å². The van der Waals surface area contributed by atoms with Crippen LogP contribution in [0.5, 0.6) is 0 Å². The number of likely N-dealkylation sites (tertiary alicyclic amines) is 1. The van der Waals surface area contributed by atoms with Crippen molar-refractivity contribution in [3.63, 3.8) is 0 Å². The van der Waals surface area contributed by atoms with Crippen molar-refractivity contribution in [3.05, 3.63) is 91.9 Å². The summed E-state index contributed by atoms with van der Waals surface area (Å²) in [6.45, 7) is 10.4. The molecule has 5 rings (SSSR count). The van der Waals surface area contributed by atoms with E-state index in [0.29, 0.717) is 34.9 Å². The highest BCUT2D eigenvalue weighted by atomic mass is 19.4. The van der Waals surface area contributed by atoms with Crippen molar-refractivity contribution in [2.24, 2.45) is 11.3 Å². The molecule has 2 heterocycles. The number of aromatic nitrogens is 1. The highest BCUT2D eigenvalue weighted by Gasteiger charge is 2.47. The predicted octanol–water partition coefficient (Wildman–Crippen LogP) is 7.75. The molecule has 12 heteroatoms. The molecule has 3 aromatic rings. The van der Waals surface area contributed by atoms with E-state index in [4.69, 9.17) is 0 Å². The van der Waals surface area contributed by atoms with Crippen LogP contribution in [-0.4, -0.2) is 46.1 Å². The SMILES string of the molecule is CC#Cc1cc(-c2c(C)cc(F)cc2C)cc(C(CC(=O)O)NC(=O)C(CC(C)C)n2cc(CCN3CCC4(CC4)C3)c(C(F)(F)F)cc2=O)c1F. The molecule has 1 amide bonds.